The fourth-order valence-electron chi connectivity index (χ4n) is 4.00. The summed E-state index contributed by atoms with van der Waals surface area (Å²) in [6, 6.07) is 0. The second kappa shape index (κ2) is 8.80. The number of ether oxygens (including phenoxy) is 2. The second-order valence-corrected chi connectivity index (χ2v) is 21.0. The Balaban J connectivity index is 2.17. The van der Waals surface area contributed by atoms with Crippen molar-refractivity contribution in [3.05, 3.63) is 32.6 Å². The zero-order chi connectivity index (χ0) is 26.7. The van der Waals surface area contributed by atoms with Crippen LogP contribution in [0.3, 0.4) is 0 Å². The first-order valence-electron chi connectivity index (χ1n) is 11.7. The lowest BCUT2D eigenvalue weighted by Gasteiger charge is -2.39. The number of carbonyl (C=O) groups excluding carboxylic acids is 1. The van der Waals surface area contributed by atoms with Crippen LogP contribution in [0.25, 0.3) is 0 Å². The van der Waals surface area contributed by atoms with E-state index in [1.54, 1.807) is 6.92 Å². The summed E-state index contributed by atoms with van der Waals surface area (Å²) in [5, 5.41) is -0.0792. The molecule has 1 amide bonds. The monoisotopic (exact) mass is 526 g/mol. The number of aliphatic imine (C=N–C) groups is 1. The van der Waals surface area contributed by atoms with Gasteiger partial charge in [0.2, 0.25) is 5.60 Å². The Bertz CT molecular complexity index is 1160. The van der Waals surface area contributed by atoms with E-state index in [0.717, 1.165) is 4.57 Å². The van der Waals surface area contributed by atoms with Gasteiger partial charge in [0.25, 0.3) is 5.56 Å². The van der Waals surface area contributed by atoms with E-state index in [2.05, 4.69) is 38.9 Å². The number of nitrogens with zero attached hydrogens (tertiary/aromatic N) is 3. The van der Waals surface area contributed by atoms with Gasteiger partial charge in [0.15, 0.2) is 28.7 Å². The van der Waals surface area contributed by atoms with E-state index < -0.39 is 58.0 Å². The van der Waals surface area contributed by atoms with Crippen molar-refractivity contribution < 1.29 is 23.1 Å². The molecule has 0 saturated carbocycles. The van der Waals surface area contributed by atoms with Crippen LogP contribution in [-0.2, 0) is 25.4 Å². The first-order chi connectivity index (χ1) is 15.8. The van der Waals surface area contributed by atoms with Gasteiger partial charge in [-0.2, -0.15) is 4.99 Å². The van der Waals surface area contributed by atoms with Crippen LogP contribution in [-0.4, -0.2) is 62.1 Å². The van der Waals surface area contributed by atoms with Crippen molar-refractivity contribution in [2.24, 2.45) is 17.8 Å². The molecule has 2 aliphatic rings. The standard InChI is InChI=1S/C22H38N4O7Si2/c1-13-11-26(20(29)25(5)16(13)27)17-15(33-34(6,7)8)22(18(23)24-19(28)32-22)14(31-17)12-30-35(9,10)21(2,3)4/h11,14-15,17H,12H2,1-10H3,(H2,23,24,28)/t14?,15-,17+,22?/m0/s1. The molecule has 1 fully saturated rings. The van der Waals surface area contributed by atoms with Gasteiger partial charge in [-0.1, -0.05) is 20.8 Å². The molecule has 11 nitrogen and oxygen atoms in total. The lowest BCUT2D eigenvalue weighted by Crippen LogP contribution is -2.61. The molecule has 1 spiro atoms. The number of hydrogen-bond donors (Lipinski definition) is 1. The maximum Gasteiger partial charge on any atom is 0.436 e. The van der Waals surface area contributed by atoms with Crippen LogP contribution in [0.2, 0.25) is 37.8 Å². The SMILES string of the molecule is Cc1cn([C@@H]2OC(CO[Si](C)(C)C(C)(C)C)C3(OC(=O)N=C3N)[C@H]2O[Si](C)(C)C)c(=O)n(C)c1=O. The summed E-state index contributed by atoms with van der Waals surface area (Å²) in [6.07, 6.45) is -2.32. The third-order valence-electron chi connectivity index (χ3n) is 6.97. The lowest BCUT2D eigenvalue weighted by molar-refractivity contribution is -0.0571. The van der Waals surface area contributed by atoms with Gasteiger partial charge < -0.3 is 24.1 Å². The predicted octanol–water partition coefficient (Wildman–Crippen LogP) is 2.24. The summed E-state index contributed by atoms with van der Waals surface area (Å²) < 4.78 is 27.4. The van der Waals surface area contributed by atoms with Crippen molar-refractivity contribution in [2.45, 2.75) is 89.5 Å². The minimum Gasteiger partial charge on any atom is -0.427 e. The van der Waals surface area contributed by atoms with Crippen LogP contribution < -0.4 is 17.0 Å². The highest BCUT2D eigenvalue weighted by Crippen LogP contribution is 2.46. The van der Waals surface area contributed by atoms with Gasteiger partial charge in [0.05, 0.1) is 6.61 Å². The lowest BCUT2D eigenvalue weighted by atomic mass is 9.91. The summed E-state index contributed by atoms with van der Waals surface area (Å²) >= 11 is 0. The quantitative estimate of drug-likeness (QED) is 0.557. The molecule has 0 radical (unpaired) electrons. The number of rotatable bonds is 6. The van der Waals surface area contributed by atoms with Gasteiger partial charge in [-0.15, -0.1) is 0 Å². The highest BCUT2D eigenvalue weighted by molar-refractivity contribution is 6.74. The third kappa shape index (κ3) is 4.83. The van der Waals surface area contributed by atoms with Crippen LogP contribution in [0.1, 0.15) is 32.6 Å². The molecular weight excluding hydrogens is 488 g/mol. The van der Waals surface area contributed by atoms with Gasteiger partial charge >= 0.3 is 11.8 Å². The van der Waals surface area contributed by atoms with Crippen LogP contribution in [0.15, 0.2) is 20.8 Å². The zero-order valence-corrected chi connectivity index (χ0v) is 24.3. The van der Waals surface area contributed by atoms with Crippen LogP contribution in [0.4, 0.5) is 4.79 Å². The summed E-state index contributed by atoms with van der Waals surface area (Å²) in [5.74, 6) is -0.0772. The van der Waals surface area contributed by atoms with Crippen LogP contribution in [0, 0.1) is 6.92 Å². The van der Waals surface area contributed by atoms with Crippen molar-refractivity contribution in [3.8, 4) is 0 Å². The maximum atomic E-state index is 13.2. The van der Waals surface area contributed by atoms with Crippen molar-refractivity contribution in [3.63, 3.8) is 0 Å². The average Bonchev–Trinajstić information content (AvgIpc) is 3.16. The van der Waals surface area contributed by atoms with Gasteiger partial charge in [-0.25, -0.2) is 9.59 Å². The van der Waals surface area contributed by atoms with E-state index in [1.807, 2.05) is 19.6 Å². The Morgan fingerprint density at radius 2 is 1.77 bits per heavy atom. The summed E-state index contributed by atoms with van der Waals surface area (Å²) in [4.78, 5) is 41.7. The largest absolute Gasteiger partial charge is 0.436 e. The molecule has 1 aromatic rings. The Labute approximate surface area is 207 Å². The van der Waals surface area contributed by atoms with E-state index in [4.69, 9.17) is 24.1 Å². The molecule has 0 bridgehead atoms. The summed E-state index contributed by atoms with van der Waals surface area (Å²) in [5.41, 5.74) is 4.10. The molecule has 196 valence electrons. The minimum atomic E-state index is -2.31. The van der Waals surface area contributed by atoms with Gasteiger partial charge in [0.1, 0.15) is 12.2 Å². The summed E-state index contributed by atoms with van der Waals surface area (Å²) in [6.45, 7) is 18.1. The van der Waals surface area contributed by atoms with Crippen molar-refractivity contribution >= 4 is 28.6 Å². The Kier molecular flexibility index (Phi) is 6.92. The molecule has 2 unspecified atom stereocenters. The van der Waals surface area contributed by atoms with E-state index in [9.17, 15) is 14.4 Å². The molecular formula is C22H38N4O7Si2. The number of amidine groups is 1. The molecule has 2 N–H and O–H groups in total. The predicted molar refractivity (Wildman–Crippen MR) is 137 cm³/mol. The van der Waals surface area contributed by atoms with E-state index >= 15 is 0 Å². The Hall–Kier alpha value is -2.07. The molecule has 0 aromatic carbocycles. The number of carbonyl (C=O) groups is 1. The highest BCUT2D eigenvalue weighted by atomic mass is 28.4. The third-order valence-corrected chi connectivity index (χ3v) is 12.4. The Morgan fingerprint density at radius 3 is 2.26 bits per heavy atom. The molecule has 35 heavy (non-hydrogen) atoms. The molecule has 3 rings (SSSR count). The van der Waals surface area contributed by atoms with Crippen LogP contribution in [0.5, 0.6) is 0 Å². The zero-order valence-electron chi connectivity index (χ0n) is 22.3. The Morgan fingerprint density at radius 1 is 1.17 bits per heavy atom. The molecule has 4 atom stereocenters. The number of nitrogens with two attached hydrogens (primary N) is 1. The molecule has 1 aromatic heterocycles. The van der Waals surface area contributed by atoms with Gasteiger partial charge in [-0.05, 0) is 44.7 Å². The van der Waals surface area contributed by atoms with E-state index in [1.165, 1.54) is 17.8 Å². The van der Waals surface area contributed by atoms with Crippen molar-refractivity contribution in [2.75, 3.05) is 6.61 Å². The smallest absolute Gasteiger partial charge is 0.427 e. The fraction of sp³-hybridized carbons (Fsp3) is 0.727. The molecule has 3 heterocycles. The fourth-order valence-corrected chi connectivity index (χ4v) is 6.06. The van der Waals surface area contributed by atoms with Crippen molar-refractivity contribution in [1.29, 1.82) is 0 Å². The minimum absolute atomic E-state index is 0.0571. The topological polar surface area (TPSA) is 136 Å². The number of amides is 1. The van der Waals surface area contributed by atoms with Crippen LogP contribution >= 0.6 is 0 Å². The van der Waals surface area contributed by atoms with Crippen molar-refractivity contribution in [1.82, 2.24) is 9.13 Å². The number of aryl methyl sites for hydroxylation is 1. The number of hydrogen-bond acceptors (Lipinski definition) is 8. The second-order valence-electron chi connectivity index (χ2n) is 11.8. The van der Waals surface area contributed by atoms with E-state index in [-0.39, 0.29) is 17.5 Å². The first-order valence-corrected chi connectivity index (χ1v) is 18.0. The average molecular weight is 527 g/mol. The molecule has 2 aliphatic heterocycles. The molecule has 13 heteroatoms. The number of aromatic nitrogens is 2. The van der Waals surface area contributed by atoms with Gasteiger partial charge in [-0.3, -0.25) is 13.9 Å². The normalized spacial score (nSPS) is 27.4. The molecule has 0 aliphatic carbocycles. The first kappa shape index (κ1) is 27.5. The molecule has 1 saturated heterocycles. The van der Waals surface area contributed by atoms with Gasteiger partial charge in [0, 0.05) is 18.8 Å². The maximum absolute atomic E-state index is 13.2. The highest BCUT2D eigenvalue weighted by Gasteiger charge is 2.67. The van der Waals surface area contributed by atoms with E-state index in [0.29, 0.717) is 5.56 Å². The summed E-state index contributed by atoms with van der Waals surface area (Å²) in [7, 11) is -3.15.